The summed E-state index contributed by atoms with van der Waals surface area (Å²) in [5.41, 5.74) is 1.19. The Kier molecular flexibility index (Phi) is 6.25. The average molecular weight is 255 g/mol. The molecule has 1 aromatic carbocycles. The Morgan fingerprint density at radius 2 is 2.06 bits per heavy atom. The Bertz CT molecular complexity index is 371. The SMILES string of the molecule is CCN(CCO)CCC(O)c1ccc(C)c(F)c1. The van der Waals surface area contributed by atoms with Gasteiger partial charge in [-0.15, -0.1) is 0 Å². The van der Waals surface area contributed by atoms with E-state index in [0.29, 0.717) is 30.6 Å². The standard InChI is InChI=1S/C14H22FNO2/c1-3-16(8-9-17)7-6-14(18)12-5-4-11(2)13(15)10-12/h4-5,10,14,17-18H,3,6-9H2,1-2H3. The van der Waals surface area contributed by atoms with Crippen LogP contribution >= 0.6 is 0 Å². The number of aryl methyl sites for hydroxylation is 1. The van der Waals surface area contributed by atoms with E-state index in [1.165, 1.54) is 6.07 Å². The third-order valence-corrected chi connectivity index (χ3v) is 3.16. The largest absolute Gasteiger partial charge is 0.395 e. The maximum Gasteiger partial charge on any atom is 0.126 e. The van der Waals surface area contributed by atoms with E-state index in [9.17, 15) is 9.50 Å². The predicted molar refractivity (Wildman–Crippen MR) is 69.9 cm³/mol. The molecule has 0 amide bonds. The normalized spacial score (nSPS) is 13.0. The molecule has 0 aliphatic heterocycles. The van der Waals surface area contributed by atoms with E-state index in [0.717, 1.165) is 6.54 Å². The highest BCUT2D eigenvalue weighted by Crippen LogP contribution is 2.19. The van der Waals surface area contributed by atoms with E-state index in [1.54, 1.807) is 19.1 Å². The Balaban J connectivity index is 2.53. The number of aliphatic hydroxyl groups excluding tert-OH is 2. The lowest BCUT2D eigenvalue weighted by Crippen LogP contribution is -2.28. The highest BCUT2D eigenvalue weighted by molar-refractivity contribution is 5.24. The van der Waals surface area contributed by atoms with Gasteiger partial charge in [0.25, 0.3) is 0 Å². The third-order valence-electron chi connectivity index (χ3n) is 3.16. The minimum atomic E-state index is -0.659. The molecule has 1 atom stereocenters. The molecule has 0 saturated heterocycles. The molecule has 0 aliphatic carbocycles. The molecule has 0 radical (unpaired) electrons. The second-order valence-corrected chi connectivity index (χ2v) is 4.47. The van der Waals surface area contributed by atoms with Crippen molar-refractivity contribution >= 4 is 0 Å². The summed E-state index contributed by atoms with van der Waals surface area (Å²) in [5.74, 6) is -0.283. The summed E-state index contributed by atoms with van der Waals surface area (Å²) in [5, 5.41) is 18.9. The molecule has 0 bridgehead atoms. The van der Waals surface area contributed by atoms with Gasteiger partial charge < -0.3 is 15.1 Å². The molecule has 0 aliphatic rings. The molecule has 1 rings (SSSR count). The van der Waals surface area contributed by atoms with Crippen molar-refractivity contribution in [2.24, 2.45) is 0 Å². The highest BCUT2D eigenvalue weighted by Gasteiger charge is 2.11. The zero-order chi connectivity index (χ0) is 13.5. The number of hydrogen-bond acceptors (Lipinski definition) is 3. The van der Waals surface area contributed by atoms with Crippen LogP contribution in [0.5, 0.6) is 0 Å². The monoisotopic (exact) mass is 255 g/mol. The van der Waals surface area contributed by atoms with Crippen LogP contribution in [0.1, 0.15) is 30.6 Å². The number of benzene rings is 1. The van der Waals surface area contributed by atoms with Crippen molar-refractivity contribution in [3.05, 3.63) is 35.1 Å². The molecule has 3 nitrogen and oxygen atoms in total. The Morgan fingerprint density at radius 3 is 2.61 bits per heavy atom. The van der Waals surface area contributed by atoms with Crippen molar-refractivity contribution in [2.75, 3.05) is 26.2 Å². The van der Waals surface area contributed by atoms with Gasteiger partial charge in [-0.25, -0.2) is 4.39 Å². The predicted octanol–water partition coefficient (Wildman–Crippen LogP) is 1.87. The van der Waals surface area contributed by atoms with E-state index in [1.807, 2.05) is 11.8 Å². The van der Waals surface area contributed by atoms with Gasteiger partial charge >= 0.3 is 0 Å². The fourth-order valence-corrected chi connectivity index (χ4v) is 1.86. The molecule has 4 heteroatoms. The van der Waals surface area contributed by atoms with Crippen molar-refractivity contribution in [1.29, 1.82) is 0 Å². The summed E-state index contributed by atoms with van der Waals surface area (Å²) in [6.07, 6.45) is -0.121. The summed E-state index contributed by atoms with van der Waals surface area (Å²) in [6.45, 7) is 5.94. The van der Waals surface area contributed by atoms with E-state index in [-0.39, 0.29) is 12.4 Å². The minimum absolute atomic E-state index is 0.114. The lowest BCUT2D eigenvalue weighted by Gasteiger charge is -2.21. The number of nitrogens with zero attached hydrogens (tertiary/aromatic N) is 1. The second-order valence-electron chi connectivity index (χ2n) is 4.47. The molecular weight excluding hydrogens is 233 g/mol. The summed E-state index contributed by atoms with van der Waals surface area (Å²) in [7, 11) is 0. The molecule has 0 spiro atoms. The van der Waals surface area contributed by atoms with Crippen LogP contribution in [0.2, 0.25) is 0 Å². The van der Waals surface area contributed by atoms with E-state index < -0.39 is 6.10 Å². The summed E-state index contributed by atoms with van der Waals surface area (Å²) >= 11 is 0. The summed E-state index contributed by atoms with van der Waals surface area (Å²) in [4.78, 5) is 2.05. The second kappa shape index (κ2) is 7.46. The molecule has 18 heavy (non-hydrogen) atoms. The van der Waals surface area contributed by atoms with Crippen LogP contribution in [0.25, 0.3) is 0 Å². The smallest absolute Gasteiger partial charge is 0.126 e. The maximum atomic E-state index is 13.4. The number of halogens is 1. The Morgan fingerprint density at radius 1 is 1.33 bits per heavy atom. The van der Waals surface area contributed by atoms with Crippen molar-refractivity contribution in [1.82, 2.24) is 4.90 Å². The average Bonchev–Trinajstić information content (AvgIpc) is 2.37. The van der Waals surface area contributed by atoms with Gasteiger partial charge in [-0.2, -0.15) is 0 Å². The molecule has 0 aromatic heterocycles. The minimum Gasteiger partial charge on any atom is -0.395 e. The molecule has 1 aromatic rings. The van der Waals surface area contributed by atoms with Gasteiger partial charge in [0.15, 0.2) is 0 Å². The molecular formula is C14H22FNO2. The zero-order valence-corrected chi connectivity index (χ0v) is 11.1. The van der Waals surface area contributed by atoms with Crippen LogP contribution in [-0.2, 0) is 0 Å². The van der Waals surface area contributed by atoms with Crippen LogP contribution in [0.4, 0.5) is 4.39 Å². The first kappa shape index (κ1) is 15.1. The van der Waals surface area contributed by atoms with Crippen LogP contribution in [0.3, 0.4) is 0 Å². The van der Waals surface area contributed by atoms with Gasteiger partial charge in [0, 0.05) is 13.1 Å². The Labute approximate surface area is 108 Å². The van der Waals surface area contributed by atoms with Gasteiger partial charge in [0.05, 0.1) is 12.7 Å². The van der Waals surface area contributed by atoms with Crippen molar-refractivity contribution in [3.8, 4) is 0 Å². The van der Waals surface area contributed by atoms with Crippen LogP contribution in [-0.4, -0.2) is 41.4 Å². The summed E-state index contributed by atoms with van der Waals surface area (Å²) in [6, 6.07) is 4.83. The van der Waals surface area contributed by atoms with Crippen LogP contribution in [0.15, 0.2) is 18.2 Å². The van der Waals surface area contributed by atoms with Gasteiger partial charge in [-0.1, -0.05) is 19.1 Å². The lowest BCUT2D eigenvalue weighted by atomic mass is 10.0. The topological polar surface area (TPSA) is 43.7 Å². The quantitative estimate of drug-likeness (QED) is 0.781. The maximum absolute atomic E-state index is 13.4. The number of aliphatic hydroxyl groups is 2. The van der Waals surface area contributed by atoms with Crippen molar-refractivity contribution in [2.45, 2.75) is 26.4 Å². The van der Waals surface area contributed by atoms with Crippen LogP contribution < -0.4 is 0 Å². The molecule has 0 fully saturated rings. The fourth-order valence-electron chi connectivity index (χ4n) is 1.86. The highest BCUT2D eigenvalue weighted by atomic mass is 19.1. The molecule has 0 saturated carbocycles. The number of likely N-dealkylation sites (N-methyl/N-ethyl adjacent to an activating group) is 1. The van der Waals surface area contributed by atoms with Crippen molar-refractivity contribution < 1.29 is 14.6 Å². The fraction of sp³-hybridized carbons (Fsp3) is 0.571. The van der Waals surface area contributed by atoms with Gasteiger partial charge in [-0.3, -0.25) is 0 Å². The first-order valence-corrected chi connectivity index (χ1v) is 6.35. The van der Waals surface area contributed by atoms with E-state index in [2.05, 4.69) is 0 Å². The van der Waals surface area contributed by atoms with E-state index in [4.69, 9.17) is 5.11 Å². The Hall–Kier alpha value is -0.970. The molecule has 0 heterocycles. The third kappa shape index (κ3) is 4.37. The first-order valence-electron chi connectivity index (χ1n) is 6.35. The molecule has 102 valence electrons. The van der Waals surface area contributed by atoms with Gasteiger partial charge in [0.2, 0.25) is 0 Å². The lowest BCUT2D eigenvalue weighted by molar-refractivity contribution is 0.133. The van der Waals surface area contributed by atoms with E-state index >= 15 is 0 Å². The number of hydrogen-bond donors (Lipinski definition) is 2. The first-order chi connectivity index (χ1) is 8.58. The van der Waals surface area contributed by atoms with Crippen molar-refractivity contribution in [3.63, 3.8) is 0 Å². The molecule has 2 N–H and O–H groups in total. The molecule has 1 unspecified atom stereocenters. The summed E-state index contributed by atoms with van der Waals surface area (Å²) < 4.78 is 13.4. The number of rotatable bonds is 7. The van der Waals surface area contributed by atoms with Gasteiger partial charge in [0.1, 0.15) is 5.82 Å². The zero-order valence-electron chi connectivity index (χ0n) is 11.1. The van der Waals surface area contributed by atoms with Gasteiger partial charge in [-0.05, 0) is 37.1 Å². The van der Waals surface area contributed by atoms with Crippen LogP contribution in [0, 0.1) is 12.7 Å².